The molecule has 1 aromatic heterocycles. The molecule has 0 aliphatic carbocycles. The Morgan fingerprint density at radius 3 is 2.60 bits per heavy atom. The van der Waals surface area contributed by atoms with E-state index in [1.807, 2.05) is 6.92 Å². The van der Waals surface area contributed by atoms with Gasteiger partial charge in [0.05, 0.1) is 17.3 Å². The van der Waals surface area contributed by atoms with Crippen LogP contribution in [0.2, 0.25) is 0 Å². The van der Waals surface area contributed by atoms with Gasteiger partial charge < -0.3 is 14.4 Å². The van der Waals surface area contributed by atoms with Crippen LogP contribution in [0, 0.1) is 13.8 Å². The number of amides is 1. The third-order valence-electron chi connectivity index (χ3n) is 3.39. The summed E-state index contributed by atoms with van der Waals surface area (Å²) in [5.74, 6) is 0.0726. The highest BCUT2D eigenvalue weighted by molar-refractivity contribution is 7.13. The van der Waals surface area contributed by atoms with Gasteiger partial charge in [0, 0.05) is 13.6 Å². The number of aromatic nitrogens is 1. The summed E-state index contributed by atoms with van der Waals surface area (Å²) in [5.41, 5.74) is 1.45. The maximum atomic E-state index is 12.5. The zero-order valence-electron chi connectivity index (χ0n) is 14.5. The van der Waals surface area contributed by atoms with Crippen LogP contribution < -0.4 is 9.47 Å². The van der Waals surface area contributed by atoms with E-state index in [0.29, 0.717) is 23.7 Å². The van der Waals surface area contributed by atoms with E-state index in [1.54, 1.807) is 37.9 Å². The van der Waals surface area contributed by atoms with Crippen molar-refractivity contribution in [1.29, 1.82) is 0 Å². The average molecular weight is 370 g/mol. The SMILES string of the molecule is CCOc1cc(CN(C)C(=O)c2sc(C)nc2C)ccc1OC(F)F. The van der Waals surface area contributed by atoms with Crippen LogP contribution in [0.4, 0.5) is 8.78 Å². The van der Waals surface area contributed by atoms with Crippen LogP contribution in [-0.2, 0) is 6.54 Å². The number of hydrogen-bond donors (Lipinski definition) is 0. The molecule has 25 heavy (non-hydrogen) atoms. The molecule has 136 valence electrons. The molecule has 0 aliphatic heterocycles. The number of benzene rings is 1. The van der Waals surface area contributed by atoms with E-state index in [1.165, 1.54) is 17.4 Å². The highest BCUT2D eigenvalue weighted by Crippen LogP contribution is 2.30. The van der Waals surface area contributed by atoms with Crippen LogP contribution in [0.1, 0.15) is 32.9 Å². The Balaban J connectivity index is 2.17. The Hall–Kier alpha value is -2.22. The first kappa shape index (κ1) is 19.1. The fourth-order valence-corrected chi connectivity index (χ4v) is 3.28. The Morgan fingerprint density at radius 1 is 1.32 bits per heavy atom. The van der Waals surface area contributed by atoms with Gasteiger partial charge >= 0.3 is 6.61 Å². The van der Waals surface area contributed by atoms with Crippen molar-refractivity contribution in [2.45, 2.75) is 33.9 Å². The van der Waals surface area contributed by atoms with Gasteiger partial charge in [-0.3, -0.25) is 4.79 Å². The predicted molar refractivity (Wildman–Crippen MR) is 91.6 cm³/mol. The largest absolute Gasteiger partial charge is 0.490 e. The number of aryl methyl sites for hydroxylation is 2. The van der Waals surface area contributed by atoms with Crippen LogP contribution in [0.15, 0.2) is 18.2 Å². The fraction of sp³-hybridized carbons (Fsp3) is 0.412. The maximum Gasteiger partial charge on any atom is 0.387 e. The maximum absolute atomic E-state index is 12.5. The van der Waals surface area contributed by atoms with E-state index in [9.17, 15) is 13.6 Å². The van der Waals surface area contributed by atoms with Gasteiger partial charge in [0.15, 0.2) is 11.5 Å². The minimum Gasteiger partial charge on any atom is -0.490 e. The highest BCUT2D eigenvalue weighted by atomic mass is 32.1. The number of ether oxygens (including phenoxy) is 2. The van der Waals surface area contributed by atoms with Crippen LogP contribution in [0.3, 0.4) is 0 Å². The Kier molecular flexibility index (Phi) is 6.30. The Morgan fingerprint density at radius 2 is 2.04 bits per heavy atom. The average Bonchev–Trinajstić information content (AvgIpc) is 2.87. The van der Waals surface area contributed by atoms with E-state index in [4.69, 9.17) is 4.74 Å². The minimum atomic E-state index is -2.92. The van der Waals surface area contributed by atoms with Gasteiger partial charge in [-0.25, -0.2) is 4.98 Å². The standard InChI is InChI=1S/C17H20F2N2O3S/c1-5-23-14-8-12(6-7-13(14)24-17(18)19)9-21(4)16(22)15-10(2)20-11(3)25-15/h6-8,17H,5,9H2,1-4H3. The van der Waals surface area contributed by atoms with Crippen molar-refractivity contribution in [2.75, 3.05) is 13.7 Å². The first-order valence-corrected chi connectivity index (χ1v) is 8.53. The summed E-state index contributed by atoms with van der Waals surface area (Å²) < 4.78 is 34.7. The number of carbonyl (C=O) groups excluding carboxylic acids is 1. The van der Waals surface area contributed by atoms with Crippen molar-refractivity contribution >= 4 is 17.2 Å². The zero-order valence-corrected chi connectivity index (χ0v) is 15.3. The molecule has 8 heteroatoms. The van der Waals surface area contributed by atoms with E-state index in [2.05, 4.69) is 9.72 Å². The first-order chi connectivity index (χ1) is 11.8. The second kappa shape index (κ2) is 8.24. The number of halogens is 2. The van der Waals surface area contributed by atoms with Gasteiger partial charge in [0.1, 0.15) is 4.88 Å². The second-order valence-corrected chi connectivity index (χ2v) is 6.60. The first-order valence-electron chi connectivity index (χ1n) is 7.71. The van der Waals surface area contributed by atoms with E-state index in [-0.39, 0.29) is 17.4 Å². The second-order valence-electron chi connectivity index (χ2n) is 5.40. The molecular weight excluding hydrogens is 350 g/mol. The lowest BCUT2D eigenvalue weighted by Gasteiger charge is -2.18. The molecule has 5 nitrogen and oxygen atoms in total. The van der Waals surface area contributed by atoms with Crippen molar-refractivity contribution in [2.24, 2.45) is 0 Å². The molecular formula is C17H20F2N2O3S. The third kappa shape index (κ3) is 4.88. The van der Waals surface area contributed by atoms with Crippen LogP contribution in [0.5, 0.6) is 11.5 Å². The molecule has 0 bridgehead atoms. The molecule has 0 radical (unpaired) electrons. The molecule has 1 heterocycles. The van der Waals surface area contributed by atoms with Gasteiger partial charge in [0.2, 0.25) is 0 Å². The summed E-state index contributed by atoms with van der Waals surface area (Å²) in [6, 6.07) is 4.66. The summed E-state index contributed by atoms with van der Waals surface area (Å²) >= 11 is 1.35. The summed E-state index contributed by atoms with van der Waals surface area (Å²) in [5, 5.41) is 0.835. The van der Waals surface area contributed by atoms with Gasteiger partial charge in [0.25, 0.3) is 5.91 Å². The number of hydrogen-bond acceptors (Lipinski definition) is 5. The van der Waals surface area contributed by atoms with Crippen molar-refractivity contribution < 1.29 is 23.0 Å². The molecule has 1 aromatic carbocycles. The number of alkyl halides is 2. The Bertz CT molecular complexity index is 749. The van der Waals surface area contributed by atoms with Gasteiger partial charge in [-0.1, -0.05) is 6.07 Å². The summed E-state index contributed by atoms with van der Waals surface area (Å²) in [4.78, 5) is 19.0. The summed E-state index contributed by atoms with van der Waals surface area (Å²) in [6.07, 6.45) is 0. The normalized spacial score (nSPS) is 10.8. The van der Waals surface area contributed by atoms with Crippen molar-refractivity contribution in [3.63, 3.8) is 0 Å². The van der Waals surface area contributed by atoms with E-state index < -0.39 is 6.61 Å². The molecule has 0 unspecified atom stereocenters. The molecule has 2 aromatic rings. The lowest BCUT2D eigenvalue weighted by molar-refractivity contribution is -0.0514. The van der Waals surface area contributed by atoms with Crippen LogP contribution >= 0.6 is 11.3 Å². The van der Waals surface area contributed by atoms with E-state index in [0.717, 1.165) is 10.6 Å². The van der Waals surface area contributed by atoms with Crippen molar-refractivity contribution in [3.05, 3.63) is 39.3 Å². The number of rotatable bonds is 7. The summed E-state index contributed by atoms with van der Waals surface area (Å²) in [6.45, 7) is 3.11. The number of nitrogens with zero attached hydrogens (tertiary/aromatic N) is 2. The lowest BCUT2D eigenvalue weighted by Crippen LogP contribution is -2.26. The topological polar surface area (TPSA) is 51.7 Å². The van der Waals surface area contributed by atoms with Gasteiger partial charge in [-0.15, -0.1) is 11.3 Å². The molecule has 0 atom stereocenters. The molecule has 1 amide bonds. The molecule has 0 spiro atoms. The highest BCUT2D eigenvalue weighted by Gasteiger charge is 2.19. The van der Waals surface area contributed by atoms with Crippen molar-refractivity contribution in [1.82, 2.24) is 9.88 Å². The monoisotopic (exact) mass is 370 g/mol. The fourth-order valence-electron chi connectivity index (χ4n) is 2.36. The predicted octanol–water partition coefficient (Wildman–Crippen LogP) is 4.03. The molecule has 0 fully saturated rings. The molecule has 0 N–H and O–H groups in total. The van der Waals surface area contributed by atoms with Crippen molar-refractivity contribution in [3.8, 4) is 11.5 Å². The Labute approximate surface area is 149 Å². The minimum absolute atomic E-state index is 0.0245. The molecule has 0 saturated heterocycles. The van der Waals surface area contributed by atoms with Gasteiger partial charge in [-0.2, -0.15) is 8.78 Å². The molecule has 0 saturated carbocycles. The van der Waals surface area contributed by atoms with Crippen LogP contribution in [0.25, 0.3) is 0 Å². The molecule has 2 rings (SSSR count). The van der Waals surface area contributed by atoms with Crippen LogP contribution in [-0.4, -0.2) is 36.1 Å². The zero-order chi connectivity index (χ0) is 18.6. The van der Waals surface area contributed by atoms with Gasteiger partial charge in [-0.05, 0) is 38.5 Å². The smallest absolute Gasteiger partial charge is 0.387 e. The number of carbonyl (C=O) groups is 1. The number of thiazole rings is 1. The summed E-state index contributed by atoms with van der Waals surface area (Å²) in [7, 11) is 1.68. The van der Waals surface area contributed by atoms with E-state index >= 15 is 0 Å². The third-order valence-corrected chi connectivity index (χ3v) is 4.45. The quantitative estimate of drug-likeness (QED) is 0.738. The lowest BCUT2D eigenvalue weighted by atomic mass is 10.2. The molecule has 0 aliphatic rings.